The quantitative estimate of drug-likeness (QED) is 0.782. The molecule has 0 saturated heterocycles. The number of aromatic nitrogens is 1. The number of nitrogens with zero attached hydrogens (tertiary/aromatic N) is 2. The number of allylic oxidation sites excluding steroid dienone is 2. The summed E-state index contributed by atoms with van der Waals surface area (Å²) in [4.78, 5) is 16.3. The Hall–Kier alpha value is -2.94. The average Bonchev–Trinajstić information content (AvgIpc) is 2.56. The summed E-state index contributed by atoms with van der Waals surface area (Å²) in [7, 11) is 0. The fourth-order valence-electron chi connectivity index (χ4n) is 2.12. The lowest BCUT2D eigenvalue weighted by Crippen LogP contribution is -2.10. The van der Waals surface area contributed by atoms with E-state index in [0.717, 1.165) is 12.1 Å². The Kier molecular flexibility index (Phi) is 5.14. The van der Waals surface area contributed by atoms with E-state index in [1.54, 1.807) is 25.1 Å². The molecule has 1 aromatic heterocycles. The van der Waals surface area contributed by atoms with Crippen LogP contribution in [0.3, 0.4) is 0 Å². The van der Waals surface area contributed by atoms with Gasteiger partial charge in [-0.2, -0.15) is 18.4 Å². The summed E-state index contributed by atoms with van der Waals surface area (Å²) in [5.74, 6) is -1.51. The molecule has 0 aliphatic carbocycles. The molecule has 0 N–H and O–H groups in total. The zero-order valence-electron chi connectivity index (χ0n) is 12.7. The van der Waals surface area contributed by atoms with Gasteiger partial charge in [0.05, 0.1) is 17.3 Å². The van der Waals surface area contributed by atoms with Gasteiger partial charge in [-0.3, -0.25) is 9.78 Å². The number of nitriles is 1. The lowest BCUT2D eigenvalue weighted by Gasteiger charge is -2.09. The topological polar surface area (TPSA) is 53.8 Å². The van der Waals surface area contributed by atoms with Gasteiger partial charge in [0.15, 0.2) is 11.7 Å². The molecule has 0 spiro atoms. The Morgan fingerprint density at radius 1 is 1.21 bits per heavy atom. The van der Waals surface area contributed by atoms with E-state index in [1.807, 2.05) is 6.07 Å². The normalized spacial score (nSPS) is 13.2. The lowest BCUT2D eigenvalue weighted by molar-refractivity contribution is -0.137. The molecule has 0 bridgehead atoms. The van der Waals surface area contributed by atoms with E-state index in [0.29, 0.717) is 16.8 Å². The summed E-state index contributed by atoms with van der Waals surface area (Å²) in [6.45, 7) is 1.60. The largest absolute Gasteiger partial charge is 0.416 e. The summed E-state index contributed by atoms with van der Waals surface area (Å²) < 4.78 is 37.7. The van der Waals surface area contributed by atoms with Crippen molar-refractivity contribution >= 4 is 11.4 Å². The molecule has 0 fully saturated rings. The predicted molar refractivity (Wildman–Crippen MR) is 82.7 cm³/mol. The average molecular weight is 330 g/mol. The van der Waals surface area contributed by atoms with Crippen LogP contribution in [0.5, 0.6) is 0 Å². The summed E-state index contributed by atoms with van der Waals surface area (Å²) in [5.41, 5.74) is 0.536. The Bertz CT molecular complexity index is 788. The maximum Gasteiger partial charge on any atom is 0.416 e. The first-order chi connectivity index (χ1) is 11.3. The van der Waals surface area contributed by atoms with Crippen molar-refractivity contribution in [2.45, 2.75) is 19.0 Å². The second-order valence-corrected chi connectivity index (χ2v) is 5.12. The smallest absolute Gasteiger partial charge is 0.293 e. The molecule has 0 unspecified atom stereocenters. The summed E-state index contributed by atoms with van der Waals surface area (Å²) in [6, 6.07) is 11.3. The predicted octanol–water partition coefficient (Wildman–Crippen LogP) is 4.38. The third-order valence-electron chi connectivity index (χ3n) is 3.42. The van der Waals surface area contributed by atoms with Gasteiger partial charge in [0.2, 0.25) is 0 Å². The monoisotopic (exact) mass is 330 g/mol. The molecule has 122 valence electrons. The maximum atomic E-state index is 12.6. The van der Waals surface area contributed by atoms with Crippen LogP contribution in [0.25, 0.3) is 5.57 Å². The van der Waals surface area contributed by atoms with Gasteiger partial charge in [0, 0.05) is 6.20 Å². The van der Waals surface area contributed by atoms with Crippen molar-refractivity contribution in [1.29, 1.82) is 5.26 Å². The number of pyridine rings is 1. The summed E-state index contributed by atoms with van der Waals surface area (Å²) >= 11 is 0. The first-order valence-corrected chi connectivity index (χ1v) is 7.03. The molecule has 24 heavy (non-hydrogen) atoms. The molecule has 0 saturated carbocycles. The Labute approximate surface area is 137 Å². The van der Waals surface area contributed by atoms with Crippen molar-refractivity contribution in [2.24, 2.45) is 0 Å². The highest BCUT2D eigenvalue weighted by Gasteiger charge is 2.30. The molecule has 3 nitrogen and oxygen atoms in total. The van der Waals surface area contributed by atoms with Gasteiger partial charge < -0.3 is 0 Å². The molecular weight excluding hydrogens is 317 g/mol. The third-order valence-corrected chi connectivity index (χ3v) is 3.42. The standard InChI is InChI=1S/C18H13F3N2O/c1-12(13-5-7-14(8-6-13)18(19,20)21)10-17(24)15(11-22)16-4-2-3-9-23-16/h2-10,15H,1H3/b12-10+/t15-/m0/s1. The first kappa shape index (κ1) is 17.4. The molecular formula is C18H13F3N2O. The number of rotatable bonds is 4. The molecule has 2 aromatic rings. The van der Waals surface area contributed by atoms with E-state index < -0.39 is 23.4 Å². The number of alkyl halides is 3. The highest BCUT2D eigenvalue weighted by Crippen LogP contribution is 2.30. The van der Waals surface area contributed by atoms with E-state index in [4.69, 9.17) is 0 Å². The molecule has 1 atom stereocenters. The molecule has 0 amide bonds. The van der Waals surface area contributed by atoms with Crippen LogP contribution in [0, 0.1) is 11.3 Å². The van der Waals surface area contributed by atoms with Crippen LogP contribution in [-0.4, -0.2) is 10.8 Å². The molecule has 2 rings (SSSR count). The minimum Gasteiger partial charge on any atom is -0.293 e. The van der Waals surface area contributed by atoms with Crippen molar-refractivity contribution in [1.82, 2.24) is 4.98 Å². The highest BCUT2D eigenvalue weighted by molar-refractivity contribution is 6.02. The molecule has 1 aromatic carbocycles. The minimum absolute atomic E-state index is 0.335. The second-order valence-electron chi connectivity index (χ2n) is 5.12. The zero-order chi connectivity index (χ0) is 17.7. The maximum absolute atomic E-state index is 12.6. The van der Waals surface area contributed by atoms with Crippen molar-refractivity contribution in [3.05, 3.63) is 71.6 Å². The molecule has 1 heterocycles. The van der Waals surface area contributed by atoms with Crippen molar-refractivity contribution in [2.75, 3.05) is 0 Å². The van der Waals surface area contributed by atoms with E-state index in [1.165, 1.54) is 24.4 Å². The van der Waals surface area contributed by atoms with Gasteiger partial charge in [0.1, 0.15) is 0 Å². The highest BCUT2D eigenvalue weighted by atomic mass is 19.4. The van der Waals surface area contributed by atoms with Gasteiger partial charge in [0.25, 0.3) is 0 Å². The number of carbonyl (C=O) groups excluding carboxylic acids is 1. The second kappa shape index (κ2) is 7.09. The third kappa shape index (κ3) is 4.07. The van der Waals surface area contributed by atoms with Gasteiger partial charge in [-0.25, -0.2) is 0 Å². The Morgan fingerprint density at radius 3 is 2.38 bits per heavy atom. The first-order valence-electron chi connectivity index (χ1n) is 7.03. The number of ketones is 1. The minimum atomic E-state index is -4.41. The van der Waals surface area contributed by atoms with Crippen LogP contribution in [0.1, 0.15) is 29.7 Å². The molecule has 0 radical (unpaired) electrons. The van der Waals surface area contributed by atoms with Gasteiger partial charge in [-0.15, -0.1) is 0 Å². The fraction of sp³-hybridized carbons (Fsp3) is 0.167. The lowest BCUT2D eigenvalue weighted by atomic mass is 9.97. The van der Waals surface area contributed by atoms with Crippen LogP contribution in [0.15, 0.2) is 54.7 Å². The van der Waals surface area contributed by atoms with Crippen LogP contribution < -0.4 is 0 Å². The Morgan fingerprint density at radius 2 is 1.88 bits per heavy atom. The number of hydrogen-bond donors (Lipinski definition) is 0. The van der Waals surface area contributed by atoms with E-state index in [9.17, 15) is 23.2 Å². The van der Waals surface area contributed by atoms with Crippen LogP contribution in [-0.2, 0) is 11.0 Å². The van der Waals surface area contributed by atoms with E-state index in [-0.39, 0.29) is 0 Å². The van der Waals surface area contributed by atoms with Gasteiger partial charge in [-0.05, 0) is 48.4 Å². The summed E-state index contributed by atoms with van der Waals surface area (Å²) in [5, 5.41) is 9.19. The van der Waals surface area contributed by atoms with E-state index >= 15 is 0 Å². The van der Waals surface area contributed by atoms with Crippen LogP contribution >= 0.6 is 0 Å². The number of hydrogen-bond acceptors (Lipinski definition) is 3. The number of benzene rings is 1. The van der Waals surface area contributed by atoms with E-state index in [2.05, 4.69) is 4.98 Å². The van der Waals surface area contributed by atoms with Crippen molar-refractivity contribution in [3.8, 4) is 6.07 Å². The molecule has 0 aliphatic heterocycles. The SMILES string of the molecule is C/C(=C\C(=O)[C@@H](C#N)c1ccccn1)c1ccc(C(F)(F)F)cc1. The van der Waals surface area contributed by atoms with Crippen molar-refractivity contribution in [3.63, 3.8) is 0 Å². The van der Waals surface area contributed by atoms with Crippen LogP contribution in [0.2, 0.25) is 0 Å². The Balaban J connectivity index is 2.23. The summed E-state index contributed by atoms with van der Waals surface area (Å²) in [6.07, 6.45) is -1.67. The van der Waals surface area contributed by atoms with Crippen LogP contribution in [0.4, 0.5) is 13.2 Å². The fourth-order valence-corrected chi connectivity index (χ4v) is 2.12. The molecule has 0 aliphatic rings. The number of carbonyl (C=O) groups is 1. The zero-order valence-corrected chi connectivity index (χ0v) is 12.7. The van der Waals surface area contributed by atoms with Crippen molar-refractivity contribution < 1.29 is 18.0 Å². The number of halogens is 3. The molecule has 6 heteroatoms. The van der Waals surface area contributed by atoms with Gasteiger partial charge in [-0.1, -0.05) is 18.2 Å². The van der Waals surface area contributed by atoms with Gasteiger partial charge >= 0.3 is 6.18 Å².